The molecule has 26 heavy (non-hydrogen) atoms. The molecule has 0 aliphatic rings. The molecule has 5 heteroatoms. The second-order valence-electron chi connectivity index (χ2n) is 5.86. The van der Waals surface area contributed by atoms with E-state index in [9.17, 15) is 14.3 Å². The molecule has 0 radical (unpaired) electrons. The normalized spacial score (nSPS) is 13.0. The Morgan fingerprint density at radius 2 is 1.62 bits per heavy atom. The van der Waals surface area contributed by atoms with Gasteiger partial charge in [-0.1, -0.05) is 60.7 Å². The van der Waals surface area contributed by atoms with E-state index in [0.717, 1.165) is 11.6 Å². The zero-order valence-corrected chi connectivity index (χ0v) is 13.9. The summed E-state index contributed by atoms with van der Waals surface area (Å²) in [5.74, 6) is -1.55. The standard InChI is InChI=1S/C21H18FNO3/c22-19-13-17(26-14-15-7-3-1-4-8-15)11-12-18(19)21(25,20(23)24)16-9-5-2-6-10-16/h1-13,25H,14H2,(H2,23,24). The molecule has 0 spiro atoms. The summed E-state index contributed by atoms with van der Waals surface area (Å²) in [5.41, 5.74) is 4.05. The first-order valence-electron chi connectivity index (χ1n) is 8.06. The van der Waals surface area contributed by atoms with Crippen molar-refractivity contribution in [3.8, 4) is 5.75 Å². The van der Waals surface area contributed by atoms with Crippen LogP contribution >= 0.6 is 0 Å². The van der Waals surface area contributed by atoms with Gasteiger partial charge in [-0.15, -0.1) is 0 Å². The summed E-state index contributed by atoms with van der Waals surface area (Å²) in [6, 6.07) is 21.4. The lowest BCUT2D eigenvalue weighted by molar-refractivity contribution is -0.133. The maximum absolute atomic E-state index is 14.7. The molecular formula is C21H18FNO3. The summed E-state index contributed by atoms with van der Waals surface area (Å²) in [7, 11) is 0. The second-order valence-corrected chi connectivity index (χ2v) is 5.86. The highest BCUT2D eigenvalue weighted by Gasteiger charge is 2.40. The fourth-order valence-electron chi connectivity index (χ4n) is 2.73. The Labute approximate surface area is 150 Å². The maximum atomic E-state index is 14.7. The van der Waals surface area contributed by atoms with Crippen molar-refractivity contribution in [3.63, 3.8) is 0 Å². The van der Waals surface area contributed by atoms with Crippen LogP contribution in [-0.4, -0.2) is 11.0 Å². The van der Waals surface area contributed by atoms with Crippen LogP contribution in [0, 0.1) is 5.82 Å². The molecule has 0 aliphatic heterocycles. The number of rotatable bonds is 6. The molecule has 3 aromatic rings. The molecule has 132 valence electrons. The highest BCUT2D eigenvalue weighted by atomic mass is 19.1. The van der Waals surface area contributed by atoms with E-state index in [4.69, 9.17) is 10.5 Å². The van der Waals surface area contributed by atoms with Crippen LogP contribution in [-0.2, 0) is 17.0 Å². The van der Waals surface area contributed by atoms with Gasteiger partial charge in [-0.05, 0) is 23.3 Å². The van der Waals surface area contributed by atoms with Gasteiger partial charge in [0, 0.05) is 11.6 Å². The van der Waals surface area contributed by atoms with Crippen LogP contribution in [0.3, 0.4) is 0 Å². The second kappa shape index (κ2) is 7.37. The molecule has 0 bridgehead atoms. The van der Waals surface area contributed by atoms with Crippen LogP contribution in [0.5, 0.6) is 5.75 Å². The molecule has 0 aromatic heterocycles. The Morgan fingerprint density at radius 3 is 2.19 bits per heavy atom. The smallest absolute Gasteiger partial charge is 0.258 e. The summed E-state index contributed by atoms with van der Waals surface area (Å²) >= 11 is 0. The number of carbonyl (C=O) groups is 1. The zero-order chi connectivity index (χ0) is 18.6. The van der Waals surface area contributed by atoms with Gasteiger partial charge in [-0.2, -0.15) is 0 Å². The first-order chi connectivity index (χ1) is 12.5. The summed E-state index contributed by atoms with van der Waals surface area (Å²) in [6.07, 6.45) is 0. The quantitative estimate of drug-likeness (QED) is 0.717. The molecule has 0 saturated carbocycles. The molecule has 0 aliphatic carbocycles. The minimum absolute atomic E-state index is 0.198. The van der Waals surface area contributed by atoms with E-state index in [0.29, 0.717) is 0 Å². The Hall–Kier alpha value is -3.18. The third kappa shape index (κ3) is 3.43. The molecule has 1 amide bonds. The minimum Gasteiger partial charge on any atom is -0.489 e. The number of benzene rings is 3. The van der Waals surface area contributed by atoms with Gasteiger partial charge in [0.15, 0.2) is 5.60 Å². The van der Waals surface area contributed by atoms with Crippen LogP contribution in [0.1, 0.15) is 16.7 Å². The summed E-state index contributed by atoms with van der Waals surface area (Å²) in [5, 5.41) is 10.9. The Morgan fingerprint density at radius 1 is 1.00 bits per heavy atom. The predicted molar refractivity (Wildman–Crippen MR) is 95.8 cm³/mol. The van der Waals surface area contributed by atoms with E-state index >= 15 is 0 Å². The number of hydrogen-bond acceptors (Lipinski definition) is 3. The van der Waals surface area contributed by atoms with Crippen molar-refractivity contribution in [1.29, 1.82) is 0 Å². The Kier molecular flexibility index (Phi) is 5.00. The molecule has 1 atom stereocenters. The number of nitrogens with two attached hydrogens (primary N) is 1. The van der Waals surface area contributed by atoms with E-state index in [-0.39, 0.29) is 23.5 Å². The number of primary amides is 1. The number of carbonyl (C=O) groups excluding carboxylic acids is 1. The van der Waals surface area contributed by atoms with Crippen molar-refractivity contribution in [2.45, 2.75) is 12.2 Å². The van der Waals surface area contributed by atoms with E-state index < -0.39 is 17.3 Å². The van der Waals surface area contributed by atoms with Gasteiger partial charge in [0.1, 0.15) is 18.2 Å². The summed E-state index contributed by atoms with van der Waals surface area (Å²) < 4.78 is 20.2. The van der Waals surface area contributed by atoms with Gasteiger partial charge in [0.25, 0.3) is 5.91 Å². The number of hydrogen-bond donors (Lipinski definition) is 2. The molecule has 0 fully saturated rings. The lowest BCUT2D eigenvalue weighted by Gasteiger charge is -2.26. The van der Waals surface area contributed by atoms with E-state index in [2.05, 4.69) is 0 Å². The first-order valence-corrected chi connectivity index (χ1v) is 8.06. The SMILES string of the molecule is NC(=O)C(O)(c1ccccc1)c1ccc(OCc2ccccc2)cc1F. The van der Waals surface area contributed by atoms with Crippen LogP contribution in [0.2, 0.25) is 0 Å². The van der Waals surface area contributed by atoms with Crippen molar-refractivity contribution in [3.05, 3.63) is 101 Å². The number of aliphatic hydroxyl groups is 1. The molecule has 3 N–H and O–H groups in total. The first kappa shape index (κ1) is 17.6. The van der Waals surface area contributed by atoms with E-state index in [1.165, 1.54) is 24.3 Å². The summed E-state index contributed by atoms with van der Waals surface area (Å²) in [6.45, 7) is 0.276. The Bertz CT molecular complexity index is 900. The van der Waals surface area contributed by atoms with Crippen molar-refractivity contribution < 1.29 is 19.0 Å². The molecule has 1 unspecified atom stereocenters. The van der Waals surface area contributed by atoms with E-state index in [1.54, 1.807) is 18.2 Å². The van der Waals surface area contributed by atoms with Gasteiger partial charge in [-0.25, -0.2) is 4.39 Å². The van der Waals surface area contributed by atoms with Crippen LogP contribution < -0.4 is 10.5 Å². The molecular weight excluding hydrogens is 333 g/mol. The van der Waals surface area contributed by atoms with Crippen molar-refractivity contribution in [2.24, 2.45) is 5.73 Å². The van der Waals surface area contributed by atoms with Gasteiger partial charge >= 0.3 is 0 Å². The van der Waals surface area contributed by atoms with Crippen LogP contribution in [0.4, 0.5) is 4.39 Å². The van der Waals surface area contributed by atoms with Gasteiger partial charge in [0.05, 0.1) is 0 Å². The van der Waals surface area contributed by atoms with Crippen molar-refractivity contribution in [1.82, 2.24) is 0 Å². The fraction of sp³-hybridized carbons (Fsp3) is 0.0952. The molecule has 4 nitrogen and oxygen atoms in total. The van der Waals surface area contributed by atoms with Gasteiger partial charge in [0.2, 0.25) is 0 Å². The minimum atomic E-state index is -2.26. The third-order valence-electron chi connectivity index (χ3n) is 4.13. The van der Waals surface area contributed by atoms with Crippen LogP contribution in [0.25, 0.3) is 0 Å². The monoisotopic (exact) mass is 351 g/mol. The highest BCUT2D eigenvalue weighted by molar-refractivity contribution is 5.88. The summed E-state index contributed by atoms with van der Waals surface area (Å²) in [4.78, 5) is 11.9. The average Bonchev–Trinajstić information content (AvgIpc) is 2.67. The lowest BCUT2D eigenvalue weighted by Crippen LogP contribution is -2.42. The molecule has 3 rings (SSSR count). The largest absolute Gasteiger partial charge is 0.489 e. The third-order valence-corrected chi connectivity index (χ3v) is 4.13. The predicted octanol–water partition coefficient (Wildman–Crippen LogP) is 3.13. The van der Waals surface area contributed by atoms with Crippen molar-refractivity contribution >= 4 is 5.91 Å². The number of ether oxygens (including phenoxy) is 1. The zero-order valence-electron chi connectivity index (χ0n) is 13.9. The molecule has 0 saturated heterocycles. The van der Waals surface area contributed by atoms with Gasteiger partial charge < -0.3 is 15.6 Å². The Balaban J connectivity index is 1.89. The molecule has 0 heterocycles. The van der Waals surface area contributed by atoms with Gasteiger partial charge in [-0.3, -0.25) is 4.79 Å². The molecule has 3 aromatic carbocycles. The maximum Gasteiger partial charge on any atom is 0.258 e. The number of amides is 1. The average molecular weight is 351 g/mol. The van der Waals surface area contributed by atoms with Crippen molar-refractivity contribution in [2.75, 3.05) is 0 Å². The van der Waals surface area contributed by atoms with E-state index in [1.807, 2.05) is 30.3 Å². The number of halogens is 1. The lowest BCUT2D eigenvalue weighted by atomic mass is 9.85. The highest BCUT2D eigenvalue weighted by Crippen LogP contribution is 2.33. The van der Waals surface area contributed by atoms with Crippen LogP contribution in [0.15, 0.2) is 78.9 Å². The topological polar surface area (TPSA) is 72.6 Å². The fourth-order valence-corrected chi connectivity index (χ4v) is 2.73.